The Balaban J connectivity index is 2.05. The molecule has 1 atom stereocenters. The number of halogens is 1. The Morgan fingerprint density at radius 1 is 1.26 bits per heavy atom. The largest absolute Gasteiger partial charge is 0.352 e. The highest BCUT2D eigenvalue weighted by molar-refractivity contribution is 5.87. The first-order valence-corrected chi connectivity index (χ1v) is 8.35. The molecule has 1 aromatic rings. The fraction of sp³-hybridized carbons (Fsp3) is 0.556. The van der Waals surface area contributed by atoms with Crippen LogP contribution in [0.15, 0.2) is 24.3 Å². The summed E-state index contributed by atoms with van der Waals surface area (Å²) >= 11 is 0. The molecule has 1 aliphatic carbocycles. The minimum atomic E-state index is -0.534. The molecule has 5 heteroatoms. The molecule has 1 aliphatic rings. The summed E-state index contributed by atoms with van der Waals surface area (Å²) in [6.07, 6.45) is 4.65. The molecule has 1 saturated carbocycles. The Morgan fingerprint density at radius 3 is 2.43 bits per heavy atom. The maximum absolute atomic E-state index is 13.0. The molecule has 0 spiro atoms. The summed E-state index contributed by atoms with van der Waals surface area (Å²) < 4.78 is 13.0. The molecule has 2 amide bonds. The maximum atomic E-state index is 13.0. The standard InChI is InChI=1S/C18H25FN2O2/c1-3-17(22)21(12-14-8-10-15(19)11-9-14)13(2)18(23)20-16-6-4-5-7-16/h8-11,13,16H,3-7,12H2,1-2H3,(H,20,23)/t13-/m1/s1. The van der Waals surface area contributed by atoms with Gasteiger partial charge in [0, 0.05) is 19.0 Å². The molecule has 0 aliphatic heterocycles. The Bertz CT molecular complexity index is 538. The van der Waals surface area contributed by atoms with Crippen molar-refractivity contribution in [2.75, 3.05) is 0 Å². The van der Waals surface area contributed by atoms with E-state index in [-0.39, 0.29) is 23.7 Å². The third kappa shape index (κ3) is 4.78. The molecule has 126 valence electrons. The molecule has 0 heterocycles. The van der Waals surface area contributed by atoms with Crippen LogP contribution < -0.4 is 5.32 Å². The van der Waals surface area contributed by atoms with Crippen LogP contribution in [0.5, 0.6) is 0 Å². The number of nitrogens with zero attached hydrogens (tertiary/aromatic N) is 1. The van der Waals surface area contributed by atoms with Crippen molar-refractivity contribution in [1.29, 1.82) is 0 Å². The van der Waals surface area contributed by atoms with Crippen molar-refractivity contribution in [2.24, 2.45) is 0 Å². The summed E-state index contributed by atoms with van der Waals surface area (Å²) in [7, 11) is 0. The molecule has 2 rings (SSSR count). The Labute approximate surface area is 137 Å². The van der Waals surface area contributed by atoms with Gasteiger partial charge in [0.2, 0.25) is 11.8 Å². The van der Waals surface area contributed by atoms with Crippen molar-refractivity contribution in [2.45, 2.75) is 64.6 Å². The van der Waals surface area contributed by atoms with Gasteiger partial charge in [-0.3, -0.25) is 9.59 Å². The van der Waals surface area contributed by atoms with Gasteiger partial charge in [-0.15, -0.1) is 0 Å². The van der Waals surface area contributed by atoms with Crippen LogP contribution in [-0.4, -0.2) is 28.8 Å². The van der Waals surface area contributed by atoms with E-state index in [1.165, 1.54) is 12.1 Å². The molecule has 0 radical (unpaired) electrons. The third-order valence-corrected chi connectivity index (χ3v) is 4.44. The summed E-state index contributed by atoms with van der Waals surface area (Å²) in [5, 5.41) is 3.04. The van der Waals surface area contributed by atoms with Gasteiger partial charge in [0.15, 0.2) is 0 Å². The second-order valence-electron chi connectivity index (χ2n) is 6.17. The van der Waals surface area contributed by atoms with Gasteiger partial charge in [0.05, 0.1) is 0 Å². The van der Waals surface area contributed by atoms with Gasteiger partial charge in [-0.2, -0.15) is 0 Å². The van der Waals surface area contributed by atoms with Gasteiger partial charge in [-0.25, -0.2) is 4.39 Å². The minimum Gasteiger partial charge on any atom is -0.352 e. The predicted octanol–water partition coefficient (Wildman–Crippen LogP) is 3.01. The molecular formula is C18H25FN2O2. The monoisotopic (exact) mass is 320 g/mol. The lowest BCUT2D eigenvalue weighted by molar-refractivity contribution is -0.140. The first kappa shape index (κ1) is 17.4. The lowest BCUT2D eigenvalue weighted by Crippen LogP contribution is -2.49. The Hall–Kier alpha value is -1.91. The second kappa shape index (κ2) is 8.09. The van der Waals surface area contributed by atoms with Crippen LogP contribution in [0, 0.1) is 5.82 Å². The molecule has 0 unspecified atom stereocenters. The number of carbonyl (C=O) groups excluding carboxylic acids is 2. The number of rotatable bonds is 6. The Morgan fingerprint density at radius 2 is 1.87 bits per heavy atom. The van der Waals surface area contributed by atoms with E-state index in [0.717, 1.165) is 31.2 Å². The first-order valence-electron chi connectivity index (χ1n) is 8.35. The van der Waals surface area contributed by atoms with Crippen LogP contribution in [0.25, 0.3) is 0 Å². The molecule has 0 saturated heterocycles. The normalized spacial score (nSPS) is 16.1. The van der Waals surface area contributed by atoms with Crippen molar-refractivity contribution in [3.8, 4) is 0 Å². The van der Waals surface area contributed by atoms with Crippen LogP contribution >= 0.6 is 0 Å². The van der Waals surface area contributed by atoms with Gasteiger partial charge in [-0.05, 0) is 37.5 Å². The van der Waals surface area contributed by atoms with Gasteiger partial charge in [-0.1, -0.05) is 31.9 Å². The zero-order valence-corrected chi connectivity index (χ0v) is 13.8. The van der Waals surface area contributed by atoms with E-state index in [4.69, 9.17) is 0 Å². The topological polar surface area (TPSA) is 49.4 Å². The summed E-state index contributed by atoms with van der Waals surface area (Å²) in [6.45, 7) is 3.84. The van der Waals surface area contributed by atoms with Gasteiger partial charge in [0.1, 0.15) is 11.9 Å². The van der Waals surface area contributed by atoms with Gasteiger partial charge in [0.25, 0.3) is 0 Å². The quantitative estimate of drug-likeness (QED) is 0.876. The number of hydrogen-bond acceptors (Lipinski definition) is 2. The van der Waals surface area contributed by atoms with E-state index in [1.807, 2.05) is 0 Å². The number of benzene rings is 1. The summed E-state index contributed by atoms with van der Waals surface area (Å²) in [6, 6.07) is 5.72. The SMILES string of the molecule is CCC(=O)N(Cc1ccc(F)cc1)[C@H](C)C(=O)NC1CCCC1. The summed E-state index contributed by atoms with van der Waals surface area (Å²) in [5.74, 6) is -0.502. The van der Waals surface area contributed by atoms with Crippen LogP contribution in [-0.2, 0) is 16.1 Å². The van der Waals surface area contributed by atoms with E-state index in [0.29, 0.717) is 13.0 Å². The van der Waals surface area contributed by atoms with Crippen molar-refractivity contribution in [3.05, 3.63) is 35.6 Å². The number of nitrogens with one attached hydrogen (secondary N) is 1. The Kier molecular flexibility index (Phi) is 6.13. The zero-order chi connectivity index (χ0) is 16.8. The maximum Gasteiger partial charge on any atom is 0.242 e. The number of amides is 2. The first-order chi connectivity index (χ1) is 11.0. The van der Waals surface area contributed by atoms with Crippen LogP contribution in [0.4, 0.5) is 4.39 Å². The lowest BCUT2D eigenvalue weighted by Gasteiger charge is -2.29. The molecule has 23 heavy (non-hydrogen) atoms. The van der Waals surface area contributed by atoms with E-state index >= 15 is 0 Å². The minimum absolute atomic E-state index is 0.0802. The fourth-order valence-electron chi connectivity index (χ4n) is 2.96. The molecule has 1 fully saturated rings. The van der Waals surface area contributed by atoms with Gasteiger partial charge >= 0.3 is 0 Å². The highest BCUT2D eigenvalue weighted by Crippen LogP contribution is 2.18. The summed E-state index contributed by atoms with van der Waals surface area (Å²) in [5.41, 5.74) is 0.814. The van der Waals surface area contributed by atoms with E-state index < -0.39 is 6.04 Å². The van der Waals surface area contributed by atoms with Crippen molar-refractivity contribution >= 4 is 11.8 Å². The van der Waals surface area contributed by atoms with Crippen molar-refractivity contribution in [1.82, 2.24) is 10.2 Å². The van der Waals surface area contributed by atoms with Crippen LogP contribution in [0.3, 0.4) is 0 Å². The third-order valence-electron chi connectivity index (χ3n) is 4.44. The molecule has 1 N–H and O–H groups in total. The zero-order valence-electron chi connectivity index (χ0n) is 13.8. The summed E-state index contributed by atoms with van der Waals surface area (Å²) in [4.78, 5) is 26.2. The molecule has 1 aromatic carbocycles. The molecule has 4 nitrogen and oxygen atoms in total. The molecule has 0 aromatic heterocycles. The van der Waals surface area contributed by atoms with E-state index in [9.17, 15) is 14.0 Å². The van der Waals surface area contributed by atoms with E-state index in [1.54, 1.807) is 30.9 Å². The van der Waals surface area contributed by atoms with Crippen LogP contribution in [0.1, 0.15) is 51.5 Å². The van der Waals surface area contributed by atoms with Crippen LogP contribution in [0.2, 0.25) is 0 Å². The average Bonchev–Trinajstić information content (AvgIpc) is 3.06. The lowest BCUT2D eigenvalue weighted by atomic mass is 10.1. The highest BCUT2D eigenvalue weighted by atomic mass is 19.1. The van der Waals surface area contributed by atoms with E-state index in [2.05, 4.69) is 5.32 Å². The number of hydrogen-bond donors (Lipinski definition) is 1. The van der Waals surface area contributed by atoms with Gasteiger partial charge < -0.3 is 10.2 Å². The van der Waals surface area contributed by atoms with Crippen molar-refractivity contribution in [3.63, 3.8) is 0 Å². The average molecular weight is 320 g/mol. The highest BCUT2D eigenvalue weighted by Gasteiger charge is 2.27. The molecule has 0 bridgehead atoms. The second-order valence-corrected chi connectivity index (χ2v) is 6.17. The smallest absolute Gasteiger partial charge is 0.242 e. The van der Waals surface area contributed by atoms with Crippen molar-refractivity contribution < 1.29 is 14.0 Å². The fourth-order valence-corrected chi connectivity index (χ4v) is 2.96. The molecular weight excluding hydrogens is 295 g/mol. The predicted molar refractivity (Wildman–Crippen MR) is 87.1 cm³/mol. The number of carbonyl (C=O) groups is 2.